The third kappa shape index (κ3) is 3.22. The summed E-state index contributed by atoms with van der Waals surface area (Å²) in [6.07, 6.45) is 0. The van der Waals surface area contributed by atoms with Crippen molar-refractivity contribution in [2.24, 2.45) is 0 Å². The van der Waals surface area contributed by atoms with Gasteiger partial charge in [-0.25, -0.2) is 8.42 Å². The van der Waals surface area contributed by atoms with Crippen molar-refractivity contribution in [3.8, 4) is 0 Å². The zero-order valence-electron chi connectivity index (χ0n) is 11.6. The number of aryl methyl sites for hydroxylation is 3. The molecule has 0 aliphatic carbocycles. The van der Waals surface area contributed by atoms with Crippen molar-refractivity contribution < 1.29 is 8.42 Å². The minimum Gasteiger partial charge on any atom is -0.280 e. The zero-order chi connectivity index (χ0) is 14.9. The lowest BCUT2D eigenvalue weighted by Crippen LogP contribution is -2.14. The van der Waals surface area contributed by atoms with Gasteiger partial charge in [-0.1, -0.05) is 22.0 Å². The van der Waals surface area contributed by atoms with Gasteiger partial charge < -0.3 is 0 Å². The summed E-state index contributed by atoms with van der Waals surface area (Å²) in [5, 5.41) is 0. The van der Waals surface area contributed by atoms with Gasteiger partial charge in [-0.3, -0.25) is 4.72 Å². The van der Waals surface area contributed by atoms with Crippen LogP contribution in [0.2, 0.25) is 0 Å². The van der Waals surface area contributed by atoms with Crippen LogP contribution in [0.3, 0.4) is 0 Å². The molecule has 0 spiro atoms. The first-order chi connectivity index (χ1) is 9.29. The molecule has 2 aromatic carbocycles. The van der Waals surface area contributed by atoms with Gasteiger partial charge in [0.25, 0.3) is 10.0 Å². The Labute approximate surface area is 128 Å². The highest BCUT2D eigenvalue weighted by molar-refractivity contribution is 9.10. The summed E-state index contributed by atoms with van der Waals surface area (Å²) in [4.78, 5) is 0.323. The normalized spacial score (nSPS) is 11.4. The fraction of sp³-hybridized carbons (Fsp3) is 0.200. The van der Waals surface area contributed by atoms with Gasteiger partial charge in [-0.05, 0) is 67.8 Å². The number of halogens is 1. The molecule has 0 unspecified atom stereocenters. The van der Waals surface area contributed by atoms with Crippen molar-refractivity contribution in [2.75, 3.05) is 4.72 Å². The molecule has 0 aliphatic heterocycles. The molecule has 2 aromatic rings. The second kappa shape index (κ2) is 5.58. The number of nitrogens with one attached hydrogen (secondary N) is 1. The van der Waals surface area contributed by atoms with E-state index in [4.69, 9.17) is 0 Å². The van der Waals surface area contributed by atoms with Gasteiger partial charge in [0.05, 0.1) is 4.90 Å². The van der Waals surface area contributed by atoms with Crippen LogP contribution in [-0.2, 0) is 10.0 Å². The lowest BCUT2D eigenvalue weighted by molar-refractivity contribution is 0.600. The quantitative estimate of drug-likeness (QED) is 0.899. The van der Waals surface area contributed by atoms with Gasteiger partial charge in [-0.2, -0.15) is 0 Å². The molecule has 3 nitrogen and oxygen atoms in total. The van der Waals surface area contributed by atoms with Crippen LogP contribution in [0.25, 0.3) is 0 Å². The Balaban J connectivity index is 2.40. The molecule has 20 heavy (non-hydrogen) atoms. The molecule has 5 heteroatoms. The van der Waals surface area contributed by atoms with Crippen molar-refractivity contribution in [1.82, 2.24) is 0 Å². The molecular formula is C15H16BrNO2S. The minimum absolute atomic E-state index is 0.323. The maximum Gasteiger partial charge on any atom is 0.262 e. The van der Waals surface area contributed by atoms with Gasteiger partial charge in [-0.15, -0.1) is 0 Å². The summed E-state index contributed by atoms with van der Waals surface area (Å²) in [6.45, 7) is 5.69. The predicted molar refractivity (Wildman–Crippen MR) is 85.6 cm³/mol. The van der Waals surface area contributed by atoms with E-state index in [0.717, 1.165) is 21.2 Å². The highest BCUT2D eigenvalue weighted by Crippen LogP contribution is 2.23. The molecule has 0 fully saturated rings. The molecule has 0 radical (unpaired) electrons. The van der Waals surface area contributed by atoms with Crippen molar-refractivity contribution >= 4 is 31.6 Å². The van der Waals surface area contributed by atoms with E-state index >= 15 is 0 Å². The van der Waals surface area contributed by atoms with E-state index < -0.39 is 10.0 Å². The maximum absolute atomic E-state index is 12.4. The molecule has 0 aromatic heterocycles. The first-order valence-electron chi connectivity index (χ1n) is 6.16. The van der Waals surface area contributed by atoms with Crippen LogP contribution in [0.1, 0.15) is 16.7 Å². The summed E-state index contributed by atoms with van der Waals surface area (Å²) < 4.78 is 28.4. The molecule has 2 rings (SSSR count). The highest BCUT2D eigenvalue weighted by atomic mass is 79.9. The molecule has 0 atom stereocenters. The Morgan fingerprint density at radius 3 is 2.05 bits per heavy atom. The lowest BCUT2D eigenvalue weighted by Gasteiger charge is -2.12. The fourth-order valence-electron chi connectivity index (χ4n) is 1.95. The number of rotatable bonds is 3. The topological polar surface area (TPSA) is 46.2 Å². The minimum atomic E-state index is -3.56. The first-order valence-corrected chi connectivity index (χ1v) is 8.43. The lowest BCUT2D eigenvalue weighted by atomic mass is 10.1. The van der Waals surface area contributed by atoms with Crippen molar-refractivity contribution in [3.05, 3.63) is 57.6 Å². The molecule has 1 N–H and O–H groups in total. The summed E-state index contributed by atoms with van der Waals surface area (Å²) in [7, 11) is -3.56. The molecular weight excluding hydrogens is 338 g/mol. The molecule has 0 saturated heterocycles. The van der Waals surface area contributed by atoms with Crippen LogP contribution in [0.4, 0.5) is 5.69 Å². The van der Waals surface area contributed by atoms with E-state index in [1.807, 2.05) is 26.8 Å². The van der Waals surface area contributed by atoms with Crippen LogP contribution in [-0.4, -0.2) is 8.42 Å². The van der Waals surface area contributed by atoms with Gasteiger partial charge in [0.2, 0.25) is 0 Å². The van der Waals surface area contributed by atoms with Gasteiger partial charge in [0.15, 0.2) is 0 Å². The molecule has 0 saturated carbocycles. The van der Waals surface area contributed by atoms with Gasteiger partial charge in [0, 0.05) is 10.2 Å². The maximum atomic E-state index is 12.4. The number of anilines is 1. The number of sulfonamides is 1. The Morgan fingerprint density at radius 2 is 1.45 bits per heavy atom. The average molecular weight is 354 g/mol. The smallest absolute Gasteiger partial charge is 0.262 e. The number of benzene rings is 2. The second-order valence-corrected chi connectivity index (χ2v) is 7.38. The van der Waals surface area contributed by atoms with E-state index in [2.05, 4.69) is 20.7 Å². The van der Waals surface area contributed by atoms with Crippen LogP contribution in [0.5, 0.6) is 0 Å². The van der Waals surface area contributed by atoms with Crippen molar-refractivity contribution in [3.63, 3.8) is 0 Å². The van der Waals surface area contributed by atoms with E-state index in [1.54, 1.807) is 30.3 Å². The Morgan fingerprint density at radius 1 is 0.900 bits per heavy atom. The van der Waals surface area contributed by atoms with E-state index in [-0.39, 0.29) is 0 Å². The third-order valence-electron chi connectivity index (χ3n) is 3.18. The molecule has 0 heterocycles. The summed E-state index contributed by atoms with van der Waals surface area (Å²) in [5.41, 5.74) is 3.35. The van der Waals surface area contributed by atoms with Gasteiger partial charge in [0.1, 0.15) is 0 Å². The molecule has 0 amide bonds. The molecule has 106 valence electrons. The zero-order valence-corrected chi connectivity index (χ0v) is 14.0. The molecule has 0 aliphatic rings. The Bertz CT molecular complexity index is 737. The third-order valence-corrected chi connectivity index (χ3v) is 5.23. The highest BCUT2D eigenvalue weighted by Gasteiger charge is 2.17. The SMILES string of the molecule is Cc1cc(C)c(S(=O)(=O)Nc2ccc(Br)cc2)cc1C. The first kappa shape index (κ1) is 15.1. The number of hydrogen-bond acceptors (Lipinski definition) is 2. The fourth-order valence-corrected chi connectivity index (χ4v) is 3.59. The van der Waals surface area contributed by atoms with Crippen LogP contribution < -0.4 is 4.72 Å². The largest absolute Gasteiger partial charge is 0.280 e. The monoisotopic (exact) mass is 353 g/mol. The van der Waals surface area contributed by atoms with E-state index in [0.29, 0.717) is 10.6 Å². The van der Waals surface area contributed by atoms with Crippen LogP contribution in [0.15, 0.2) is 45.8 Å². The summed E-state index contributed by atoms with van der Waals surface area (Å²) in [6, 6.07) is 10.6. The van der Waals surface area contributed by atoms with Crippen LogP contribution in [0, 0.1) is 20.8 Å². The summed E-state index contributed by atoms with van der Waals surface area (Å²) in [5.74, 6) is 0. The molecule has 0 bridgehead atoms. The van der Waals surface area contributed by atoms with Crippen molar-refractivity contribution in [2.45, 2.75) is 25.7 Å². The van der Waals surface area contributed by atoms with Crippen molar-refractivity contribution in [1.29, 1.82) is 0 Å². The predicted octanol–water partition coefficient (Wildman–Crippen LogP) is 4.18. The van der Waals surface area contributed by atoms with Crippen LogP contribution >= 0.6 is 15.9 Å². The Kier molecular flexibility index (Phi) is 4.20. The summed E-state index contributed by atoms with van der Waals surface area (Å²) >= 11 is 3.32. The second-order valence-electron chi connectivity index (χ2n) is 4.81. The van der Waals surface area contributed by atoms with E-state index in [9.17, 15) is 8.42 Å². The Hall–Kier alpha value is -1.33. The van der Waals surface area contributed by atoms with Gasteiger partial charge >= 0.3 is 0 Å². The standard InChI is InChI=1S/C15H16BrNO2S/c1-10-8-12(3)15(9-11(10)2)20(18,19)17-14-6-4-13(16)5-7-14/h4-9,17H,1-3H3. The average Bonchev–Trinajstić information content (AvgIpc) is 2.36. The number of hydrogen-bond donors (Lipinski definition) is 1. The van der Waals surface area contributed by atoms with E-state index in [1.165, 1.54) is 0 Å².